The van der Waals surface area contributed by atoms with Gasteiger partial charge in [0, 0.05) is 17.1 Å². The number of hydrogen-bond acceptors (Lipinski definition) is 3. The lowest BCUT2D eigenvalue weighted by Crippen LogP contribution is -2.00. The van der Waals surface area contributed by atoms with E-state index in [-0.39, 0.29) is 0 Å². The van der Waals surface area contributed by atoms with Crippen molar-refractivity contribution < 1.29 is 0 Å². The summed E-state index contributed by atoms with van der Waals surface area (Å²) in [6.45, 7) is 0. The van der Waals surface area contributed by atoms with Crippen LogP contribution in [0.1, 0.15) is 35.8 Å². The predicted octanol–water partition coefficient (Wildman–Crippen LogP) is 1.84. The van der Waals surface area contributed by atoms with Crippen molar-refractivity contribution in [2.75, 3.05) is 0 Å². The smallest absolute Gasteiger partial charge is 0.166 e. The van der Waals surface area contributed by atoms with Gasteiger partial charge in [0.1, 0.15) is 6.07 Å². The molecule has 0 radical (unpaired) electrons. The van der Waals surface area contributed by atoms with Crippen LogP contribution in [-0.2, 0) is 11.5 Å². The van der Waals surface area contributed by atoms with Crippen molar-refractivity contribution in [3.63, 3.8) is 0 Å². The molecule has 0 atom stereocenters. The first-order valence-electron chi connectivity index (χ1n) is 4.48. The van der Waals surface area contributed by atoms with E-state index in [0.29, 0.717) is 11.7 Å². The minimum absolute atomic E-state index is 0.606. The zero-order valence-electron chi connectivity index (χ0n) is 7.16. The van der Waals surface area contributed by atoms with Crippen molar-refractivity contribution in [1.82, 2.24) is 9.78 Å². The molecule has 0 bridgehead atoms. The molecule has 1 aliphatic heterocycles. The van der Waals surface area contributed by atoms with Crippen LogP contribution in [0.25, 0.3) is 0 Å². The zero-order valence-corrected chi connectivity index (χ0v) is 7.97. The molecule has 2 heterocycles. The van der Waals surface area contributed by atoms with Crippen LogP contribution in [0.3, 0.4) is 0 Å². The summed E-state index contributed by atoms with van der Waals surface area (Å²) in [6.07, 6.45) is 2.48. The van der Waals surface area contributed by atoms with Gasteiger partial charge in [-0.05, 0) is 12.8 Å². The summed E-state index contributed by atoms with van der Waals surface area (Å²) in [7, 11) is 0. The molecular weight excluding hydrogens is 182 g/mol. The molecule has 0 amide bonds. The van der Waals surface area contributed by atoms with E-state index in [2.05, 4.69) is 15.8 Å². The van der Waals surface area contributed by atoms with Gasteiger partial charge in [0.15, 0.2) is 5.69 Å². The van der Waals surface area contributed by atoms with E-state index >= 15 is 0 Å². The second kappa shape index (κ2) is 2.52. The molecular formula is C9H9N3S. The van der Waals surface area contributed by atoms with Crippen LogP contribution in [0.2, 0.25) is 0 Å². The molecule has 3 rings (SSSR count). The molecule has 0 aromatic carbocycles. The van der Waals surface area contributed by atoms with Crippen LogP contribution in [0.5, 0.6) is 0 Å². The van der Waals surface area contributed by atoms with E-state index in [4.69, 9.17) is 5.26 Å². The first-order valence-corrected chi connectivity index (χ1v) is 5.63. The molecule has 1 saturated carbocycles. The number of nitriles is 1. The maximum Gasteiger partial charge on any atom is 0.166 e. The van der Waals surface area contributed by atoms with Crippen LogP contribution in [0, 0.1) is 11.3 Å². The second-order valence-corrected chi connectivity index (χ2v) is 4.54. The van der Waals surface area contributed by atoms with E-state index in [9.17, 15) is 0 Å². The number of nitrogens with zero attached hydrogens (tertiary/aromatic N) is 3. The summed E-state index contributed by atoms with van der Waals surface area (Å²) >= 11 is 1.89. The fourth-order valence-corrected chi connectivity index (χ4v) is 2.88. The van der Waals surface area contributed by atoms with Gasteiger partial charge >= 0.3 is 0 Å². The van der Waals surface area contributed by atoms with Crippen LogP contribution in [0.4, 0.5) is 0 Å². The number of aromatic nitrogens is 2. The lowest BCUT2D eigenvalue weighted by molar-refractivity contribution is 0.618. The van der Waals surface area contributed by atoms with Gasteiger partial charge in [0.25, 0.3) is 0 Å². The summed E-state index contributed by atoms with van der Waals surface area (Å²) in [5, 5.41) is 13.2. The molecule has 4 heteroatoms. The van der Waals surface area contributed by atoms with Gasteiger partial charge in [-0.3, -0.25) is 4.68 Å². The standard InChI is InChI=1S/C9H9N3S/c10-3-8-7-4-13-5-9(7)12(11-8)6-1-2-6/h6H,1-2,4-5H2. The molecule has 1 aromatic rings. The highest BCUT2D eigenvalue weighted by molar-refractivity contribution is 7.98. The van der Waals surface area contributed by atoms with Crippen molar-refractivity contribution in [3.05, 3.63) is 17.0 Å². The van der Waals surface area contributed by atoms with Crippen molar-refractivity contribution >= 4 is 11.8 Å². The molecule has 0 N–H and O–H groups in total. The average molecular weight is 191 g/mol. The SMILES string of the molecule is N#Cc1nn(C2CC2)c2c1CSC2. The largest absolute Gasteiger partial charge is 0.264 e. The van der Waals surface area contributed by atoms with Crippen LogP contribution in [-0.4, -0.2) is 9.78 Å². The van der Waals surface area contributed by atoms with Gasteiger partial charge in [0.2, 0.25) is 0 Å². The zero-order chi connectivity index (χ0) is 8.84. The van der Waals surface area contributed by atoms with E-state index in [1.807, 2.05) is 11.8 Å². The second-order valence-electron chi connectivity index (χ2n) is 3.55. The first-order chi connectivity index (χ1) is 6.40. The molecule has 1 aliphatic carbocycles. The highest BCUT2D eigenvalue weighted by Gasteiger charge is 2.31. The Kier molecular flexibility index (Phi) is 1.44. The molecule has 0 spiro atoms. The van der Waals surface area contributed by atoms with E-state index in [1.54, 1.807) is 0 Å². The third-order valence-corrected chi connectivity index (χ3v) is 3.57. The molecule has 13 heavy (non-hydrogen) atoms. The minimum atomic E-state index is 0.606. The summed E-state index contributed by atoms with van der Waals surface area (Å²) in [4.78, 5) is 0. The Morgan fingerprint density at radius 3 is 3.00 bits per heavy atom. The predicted molar refractivity (Wildman–Crippen MR) is 50.2 cm³/mol. The number of fused-ring (bicyclic) bond motifs is 1. The topological polar surface area (TPSA) is 41.6 Å². The molecule has 0 saturated heterocycles. The van der Waals surface area contributed by atoms with Crippen molar-refractivity contribution in [3.8, 4) is 6.07 Å². The molecule has 0 unspecified atom stereocenters. The third kappa shape index (κ3) is 1.00. The Balaban J connectivity index is 2.16. The highest BCUT2D eigenvalue weighted by Crippen LogP contribution is 2.40. The maximum atomic E-state index is 8.88. The Bertz CT molecular complexity index is 398. The van der Waals surface area contributed by atoms with Gasteiger partial charge in [-0.15, -0.1) is 0 Å². The normalized spacial score (nSPS) is 19.9. The van der Waals surface area contributed by atoms with Gasteiger partial charge < -0.3 is 0 Å². The van der Waals surface area contributed by atoms with Gasteiger partial charge in [-0.2, -0.15) is 22.1 Å². The number of rotatable bonds is 1. The molecule has 3 nitrogen and oxygen atoms in total. The van der Waals surface area contributed by atoms with Gasteiger partial charge in [-0.1, -0.05) is 0 Å². The Morgan fingerprint density at radius 1 is 1.46 bits per heavy atom. The molecule has 2 aliphatic rings. The average Bonchev–Trinajstić information content (AvgIpc) is 2.77. The molecule has 1 fully saturated rings. The third-order valence-electron chi connectivity index (χ3n) is 2.60. The Hall–Kier alpha value is -0.950. The van der Waals surface area contributed by atoms with Gasteiger partial charge in [-0.25, -0.2) is 0 Å². The van der Waals surface area contributed by atoms with E-state index in [0.717, 1.165) is 11.5 Å². The van der Waals surface area contributed by atoms with Crippen molar-refractivity contribution in [2.45, 2.75) is 30.4 Å². The quantitative estimate of drug-likeness (QED) is 0.680. The number of hydrogen-bond donors (Lipinski definition) is 0. The Labute approximate surface area is 80.7 Å². The summed E-state index contributed by atoms with van der Waals surface area (Å²) in [5.74, 6) is 2.02. The summed E-state index contributed by atoms with van der Waals surface area (Å²) < 4.78 is 2.09. The fraction of sp³-hybridized carbons (Fsp3) is 0.556. The van der Waals surface area contributed by atoms with E-state index < -0.39 is 0 Å². The summed E-state index contributed by atoms with van der Waals surface area (Å²) in [6, 6.07) is 2.79. The van der Waals surface area contributed by atoms with Crippen LogP contribution < -0.4 is 0 Å². The van der Waals surface area contributed by atoms with Crippen molar-refractivity contribution in [2.24, 2.45) is 0 Å². The number of thioether (sulfide) groups is 1. The monoisotopic (exact) mass is 191 g/mol. The summed E-state index contributed by atoms with van der Waals surface area (Å²) in [5.41, 5.74) is 3.16. The lowest BCUT2D eigenvalue weighted by Gasteiger charge is -2.00. The lowest BCUT2D eigenvalue weighted by atomic mass is 10.2. The van der Waals surface area contributed by atoms with Crippen molar-refractivity contribution in [1.29, 1.82) is 5.26 Å². The minimum Gasteiger partial charge on any atom is -0.264 e. The van der Waals surface area contributed by atoms with Crippen LogP contribution in [0.15, 0.2) is 0 Å². The Morgan fingerprint density at radius 2 is 2.31 bits per heavy atom. The fourth-order valence-electron chi connectivity index (χ4n) is 1.77. The van der Waals surface area contributed by atoms with Gasteiger partial charge in [0.05, 0.1) is 11.7 Å². The maximum absolute atomic E-state index is 8.88. The van der Waals surface area contributed by atoms with Crippen LogP contribution >= 0.6 is 11.8 Å². The highest BCUT2D eigenvalue weighted by atomic mass is 32.2. The molecule has 1 aromatic heterocycles. The van der Waals surface area contributed by atoms with E-state index in [1.165, 1.54) is 24.1 Å². The first kappa shape index (κ1) is 7.45. The molecule has 66 valence electrons.